The molecule has 0 spiro atoms. The van der Waals surface area contributed by atoms with Crippen molar-refractivity contribution >= 4 is 17.8 Å². The molecule has 22 heavy (non-hydrogen) atoms. The summed E-state index contributed by atoms with van der Waals surface area (Å²) in [5.41, 5.74) is 5.98. The van der Waals surface area contributed by atoms with Crippen molar-refractivity contribution in [3.8, 4) is 0 Å². The van der Waals surface area contributed by atoms with Crippen LogP contribution in [0.1, 0.15) is 20.7 Å². The van der Waals surface area contributed by atoms with Crippen LogP contribution in [0.3, 0.4) is 0 Å². The van der Waals surface area contributed by atoms with Gasteiger partial charge in [-0.3, -0.25) is 14.4 Å². The largest absolute Gasteiger partial charge is 0.490 e. The maximum atomic E-state index is 11.7. The highest BCUT2D eigenvalue weighted by Crippen LogP contribution is 2.22. The highest BCUT2D eigenvalue weighted by Gasteiger charge is 2.38. The van der Waals surface area contributed by atoms with Gasteiger partial charge in [0.05, 0.1) is 17.7 Å². The Morgan fingerprint density at radius 3 is 1.91 bits per heavy atom. The summed E-state index contributed by atoms with van der Waals surface area (Å²) in [6.07, 6.45) is -5.08. The van der Waals surface area contributed by atoms with E-state index in [9.17, 15) is 22.8 Å². The third kappa shape index (κ3) is 4.02. The number of benzene rings is 1. The first-order chi connectivity index (χ1) is 10.2. The van der Waals surface area contributed by atoms with Gasteiger partial charge in [-0.1, -0.05) is 12.1 Å². The maximum Gasteiger partial charge on any atom is 0.490 e. The van der Waals surface area contributed by atoms with E-state index in [1.807, 2.05) is 0 Å². The van der Waals surface area contributed by atoms with Gasteiger partial charge in [0, 0.05) is 6.54 Å². The van der Waals surface area contributed by atoms with Crippen LogP contribution >= 0.6 is 0 Å². The Morgan fingerprint density at radius 1 is 1.18 bits per heavy atom. The molecule has 0 atom stereocenters. The maximum absolute atomic E-state index is 11.7. The molecule has 3 N–H and O–H groups in total. The Kier molecular flexibility index (Phi) is 5.60. The van der Waals surface area contributed by atoms with E-state index in [0.29, 0.717) is 11.1 Å². The Labute approximate surface area is 122 Å². The lowest BCUT2D eigenvalue weighted by Gasteiger charge is -2.11. The lowest BCUT2D eigenvalue weighted by Crippen LogP contribution is -2.31. The molecule has 1 aromatic carbocycles. The number of alkyl halides is 3. The van der Waals surface area contributed by atoms with Crippen molar-refractivity contribution in [2.75, 3.05) is 13.2 Å². The highest BCUT2D eigenvalue weighted by atomic mass is 19.4. The third-order valence-electron chi connectivity index (χ3n) is 2.34. The third-order valence-corrected chi connectivity index (χ3v) is 2.34. The van der Waals surface area contributed by atoms with Gasteiger partial charge in [0.1, 0.15) is 0 Å². The first kappa shape index (κ1) is 17.6. The zero-order chi connectivity index (χ0) is 16.9. The minimum atomic E-state index is -5.08. The van der Waals surface area contributed by atoms with Crippen LogP contribution in [0.4, 0.5) is 13.2 Å². The molecule has 1 aliphatic rings. The zero-order valence-corrected chi connectivity index (χ0v) is 11.0. The van der Waals surface area contributed by atoms with Gasteiger partial charge in [-0.25, -0.2) is 4.79 Å². The van der Waals surface area contributed by atoms with Gasteiger partial charge in [-0.2, -0.15) is 13.2 Å². The van der Waals surface area contributed by atoms with Crippen LogP contribution in [-0.4, -0.2) is 47.3 Å². The molecule has 0 radical (unpaired) electrons. The number of carbonyl (C=O) groups excluding carboxylic acids is 2. The van der Waals surface area contributed by atoms with Gasteiger partial charge >= 0.3 is 12.1 Å². The summed E-state index contributed by atoms with van der Waals surface area (Å²) in [7, 11) is 0. The quantitative estimate of drug-likeness (QED) is 0.797. The molecule has 0 aromatic heterocycles. The van der Waals surface area contributed by atoms with Crippen LogP contribution in [0.5, 0.6) is 0 Å². The van der Waals surface area contributed by atoms with E-state index >= 15 is 0 Å². The SMILES string of the molecule is NCCON1C(=O)c2ccccc2C1=O.O=C(O)C(F)(F)F. The zero-order valence-electron chi connectivity index (χ0n) is 11.0. The summed E-state index contributed by atoms with van der Waals surface area (Å²) in [5.74, 6) is -3.61. The van der Waals surface area contributed by atoms with Gasteiger partial charge < -0.3 is 10.8 Å². The van der Waals surface area contributed by atoms with Crippen LogP contribution in [0.15, 0.2) is 24.3 Å². The van der Waals surface area contributed by atoms with Gasteiger partial charge in [0.15, 0.2) is 0 Å². The molecular formula is C12H11F3N2O5. The molecule has 2 amide bonds. The highest BCUT2D eigenvalue weighted by molar-refractivity contribution is 6.20. The number of nitrogens with zero attached hydrogens (tertiary/aromatic N) is 1. The monoisotopic (exact) mass is 320 g/mol. The summed E-state index contributed by atoms with van der Waals surface area (Å²) in [4.78, 5) is 37.2. The number of carbonyl (C=O) groups is 3. The van der Waals surface area contributed by atoms with Crippen LogP contribution in [0.25, 0.3) is 0 Å². The number of halogens is 3. The fourth-order valence-corrected chi connectivity index (χ4v) is 1.43. The summed E-state index contributed by atoms with van der Waals surface area (Å²) in [5, 5.41) is 7.89. The van der Waals surface area contributed by atoms with Crippen molar-refractivity contribution in [1.82, 2.24) is 5.06 Å². The molecule has 0 saturated carbocycles. The number of carboxylic acids is 1. The van der Waals surface area contributed by atoms with E-state index < -0.39 is 24.0 Å². The molecular weight excluding hydrogens is 309 g/mol. The summed E-state index contributed by atoms with van der Waals surface area (Å²) in [6.45, 7) is 0.402. The number of fused-ring (bicyclic) bond motifs is 1. The molecule has 1 heterocycles. The molecule has 7 nitrogen and oxygen atoms in total. The van der Waals surface area contributed by atoms with E-state index in [0.717, 1.165) is 5.06 Å². The van der Waals surface area contributed by atoms with Crippen molar-refractivity contribution in [3.05, 3.63) is 35.4 Å². The lowest BCUT2D eigenvalue weighted by atomic mass is 10.1. The molecule has 0 aliphatic carbocycles. The van der Waals surface area contributed by atoms with E-state index in [1.54, 1.807) is 24.3 Å². The van der Waals surface area contributed by atoms with Crippen molar-refractivity contribution in [2.24, 2.45) is 5.73 Å². The molecule has 0 bridgehead atoms. The standard InChI is InChI=1S/C10H10N2O3.C2HF3O2/c11-5-6-15-12-9(13)7-3-1-2-4-8(7)10(12)14;3-2(4,5)1(6)7/h1-4H,5-6,11H2;(H,6,7). The first-order valence-corrected chi connectivity index (χ1v) is 5.81. The average molecular weight is 320 g/mol. The number of hydroxylamine groups is 2. The molecule has 2 rings (SSSR count). The van der Waals surface area contributed by atoms with Crippen LogP contribution < -0.4 is 5.73 Å². The van der Waals surface area contributed by atoms with Crippen molar-refractivity contribution in [1.29, 1.82) is 0 Å². The Hall–Kier alpha value is -2.46. The molecule has 1 aliphatic heterocycles. The Balaban J connectivity index is 0.000000295. The number of hydrogen-bond donors (Lipinski definition) is 2. The number of aliphatic carboxylic acids is 1. The van der Waals surface area contributed by atoms with Crippen LogP contribution in [0.2, 0.25) is 0 Å². The van der Waals surface area contributed by atoms with Crippen molar-refractivity contribution in [2.45, 2.75) is 6.18 Å². The second-order valence-corrected chi connectivity index (χ2v) is 3.88. The normalized spacial score (nSPS) is 13.5. The second-order valence-electron chi connectivity index (χ2n) is 3.88. The van der Waals surface area contributed by atoms with Crippen molar-refractivity contribution < 1.29 is 37.5 Å². The Morgan fingerprint density at radius 2 is 1.59 bits per heavy atom. The molecule has 10 heteroatoms. The smallest absolute Gasteiger partial charge is 0.475 e. The summed E-state index contributed by atoms with van der Waals surface area (Å²) < 4.78 is 31.7. The number of rotatable bonds is 3. The Bertz CT molecular complexity index is 553. The second kappa shape index (κ2) is 7.00. The van der Waals surface area contributed by atoms with Crippen LogP contribution in [-0.2, 0) is 9.63 Å². The number of amides is 2. The fourth-order valence-electron chi connectivity index (χ4n) is 1.43. The number of imide groups is 1. The van der Waals surface area contributed by atoms with E-state index in [1.165, 1.54) is 0 Å². The lowest BCUT2D eigenvalue weighted by molar-refractivity contribution is -0.192. The van der Waals surface area contributed by atoms with Gasteiger partial charge in [-0.05, 0) is 12.1 Å². The minimum Gasteiger partial charge on any atom is -0.475 e. The molecule has 0 saturated heterocycles. The number of nitrogens with two attached hydrogens (primary N) is 1. The average Bonchev–Trinajstić information content (AvgIpc) is 2.69. The fraction of sp³-hybridized carbons (Fsp3) is 0.250. The molecule has 1 aromatic rings. The van der Waals surface area contributed by atoms with Gasteiger partial charge in [0.2, 0.25) is 0 Å². The van der Waals surface area contributed by atoms with E-state index in [4.69, 9.17) is 20.5 Å². The first-order valence-electron chi connectivity index (χ1n) is 5.81. The topological polar surface area (TPSA) is 110 Å². The van der Waals surface area contributed by atoms with Crippen LogP contribution in [0, 0.1) is 0 Å². The molecule has 0 unspecified atom stereocenters. The van der Waals surface area contributed by atoms with Gasteiger partial charge in [-0.15, -0.1) is 5.06 Å². The number of carboxylic acid groups (broad SMARTS) is 1. The number of hydrogen-bond acceptors (Lipinski definition) is 5. The predicted molar refractivity (Wildman–Crippen MR) is 65.6 cm³/mol. The predicted octanol–water partition coefficient (Wildman–Crippen LogP) is 0.806. The molecule has 120 valence electrons. The van der Waals surface area contributed by atoms with Crippen molar-refractivity contribution in [3.63, 3.8) is 0 Å². The molecule has 0 fully saturated rings. The summed E-state index contributed by atoms with van der Waals surface area (Å²) >= 11 is 0. The van der Waals surface area contributed by atoms with E-state index in [-0.39, 0.29) is 13.2 Å². The van der Waals surface area contributed by atoms with Gasteiger partial charge in [0.25, 0.3) is 11.8 Å². The van der Waals surface area contributed by atoms with E-state index in [2.05, 4.69) is 0 Å². The minimum absolute atomic E-state index is 0.144. The summed E-state index contributed by atoms with van der Waals surface area (Å²) in [6, 6.07) is 6.61.